The number of rotatable bonds is 4. The minimum Gasteiger partial charge on any atom is -0.393 e. The van der Waals surface area contributed by atoms with E-state index < -0.39 is 0 Å². The van der Waals surface area contributed by atoms with E-state index in [-0.39, 0.29) is 6.10 Å². The van der Waals surface area contributed by atoms with Crippen molar-refractivity contribution >= 4 is 0 Å². The molecule has 0 spiro atoms. The summed E-state index contributed by atoms with van der Waals surface area (Å²) >= 11 is 0. The summed E-state index contributed by atoms with van der Waals surface area (Å²) in [6, 6.07) is 19.9. The van der Waals surface area contributed by atoms with Gasteiger partial charge in [0.15, 0.2) is 0 Å². The molecular formula is C21H26O. The van der Waals surface area contributed by atoms with Gasteiger partial charge in [-0.2, -0.15) is 0 Å². The van der Waals surface area contributed by atoms with Gasteiger partial charge in [0.05, 0.1) is 6.10 Å². The first-order valence-corrected chi connectivity index (χ1v) is 8.54. The van der Waals surface area contributed by atoms with Crippen molar-refractivity contribution in [1.82, 2.24) is 0 Å². The third-order valence-electron chi connectivity index (χ3n) is 5.06. The van der Waals surface area contributed by atoms with E-state index >= 15 is 0 Å². The zero-order valence-electron chi connectivity index (χ0n) is 13.4. The molecule has 1 N–H and O–H groups in total. The van der Waals surface area contributed by atoms with Crippen molar-refractivity contribution in [2.24, 2.45) is 0 Å². The van der Waals surface area contributed by atoms with E-state index in [1.165, 1.54) is 16.7 Å². The van der Waals surface area contributed by atoms with Crippen molar-refractivity contribution in [3.63, 3.8) is 0 Å². The second-order valence-corrected chi connectivity index (χ2v) is 6.76. The summed E-state index contributed by atoms with van der Waals surface area (Å²) in [5.41, 5.74) is 4.27. The molecule has 0 heterocycles. The second kappa shape index (κ2) is 7.11. The molecule has 1 aliphatic carbocycles. The maximum atomic E-state index is 9.63. The quantitative estimate of drug-likeness (QED) is 0.836. The van der Waals surface area contributed by atoms with Gasteiger partial charge in [0, 0.05) is 0 Å². The molecule has 116 valence electrons. The van der Waals surface area contributed by atoms with Crippen LogP contribution in [0, 0.1) is 0 Å². The van der Waals surface area contributed by atoms with E-state index in [1.54, 1.807) is 0 Å². The van der Waals surface area contributed by atoms with Crippen LogP contribution >= 0.6 is 0 Å². The molecule has 22 heavy (non-hydrogen) atoms. The molecule has 2 aromatic carbocycles. The van der Waals surface area contributed by atoms with Gasteiger partial charge in [-0.05, 0) is 60.6 Å². The molecule has 3 rings (SSSR count). The summed E-state index contributed by atoms with van der Waals surface area (Å²) in [6.45, 7) is 2.30. The lowest BCUT2D eigenvalue weighted by Gasteiger charge is -2.25. The average molecular weight is 294 g/mol. The van der Waals surface area contributed by atoms with Gasteiger partial charge in [0.2, 0.25) is 0 Å². The van der Waals surface area contributed by atoms with Crippen LogP contribution in [0.3, 0.4) is 0 Å². The highest BCUT2D eigenvalue weighted by atomic mass is 16.3. The number of hydrogen-bond donors (Lipinski definition) is 1. The standard InChI is InChI=1S/C21H26O/c1-16(18-5-3-2-4-6-18)15-17-7-9-19(10-8-17)20-11-13-21(22)14-12-20/h2-10,16,20-22H,11-15H2,1H3/t16-,20?,21?/m1/s1. The Morgan fingerprint density at radius 3 is 2.18 bits per heavy atom. The van der Waals surface area contributed by atoms with Crippen molar-refractivity contribution in [1.29, 1.82) is 0 Å². The van der Waals surface area contributed by atoms with E-state index in [4.69, 9.17) is 0 Å². The van der Waals surface area contributed by atoms with Crippen molar-refractivity contribution in [3.8, 4) is 0 Å². The van der Waals surface area contributed by atoms with Gasteiger partial charge in [-0.1, -0.05) is 61.5 Å². The Morgan fingerprint density at radius 1 is 0.909 bits per heavy atom. The molecule has 1 saturated carbocycles. The average Bonchev–Trinajstić information content (AvgIpc) is 2.57. The molecule has 2 aromatic rings. The normalized spacial score (nSPS) is 23.2. The Labute approximate surface area is 134 Å². The molecule has 0 saturated heterocycles. The first-order valence-electron chi connectivity index (χ1n) is 8.54. The number of aliphatic hydroxyl groups excluding tert-OH is 1. The zero-order valence-corrected chi connectivity index (χ0v) is 13.4. The third kappa shape index (κ3) is 3.78. The SMILES string of the molecule is C[C@H](Cc1ccc(C2CCC(O)CC2)cc1)c1ccccc1. The lowest BCUT2D eigenvalue weighted by Crippen LogP contribution is -2.16. The predicted octanol–water partition coefficient (Wildman–Crippen LogP) is 5.05. The smallest absolute Gasteiger partial charge is 0.0540 e. The molecule has 1 heteroatoms. The summed E-state index contributed by atoms with van der Waals surface area (Å²) in [4.78, 5) is 0. The third-order valence-corrected chi connectivity index (χ3v) is 5.06. The van der Waals surface area contributed by atoms with Crippen LogP contribution in [-0.2, 0) is 6.42 Å². The summed E-state index contributed by atoms with van der Waals surface area (Å²) in [6.07, 6.45) is 5.19. The minimum absolute atomic E-state index is 0.0674. The Hall–Kier alpha value is -1.60. The van der Waals surface area contributed by atoms with Gasteiger partial charge in [-0.15, -0.1) is 0 Å². The van der Waals surface area contributed by atoms with Gasteiger partial charge in [0.1, 0.15) is 0 Å². The molecule has 0 aromatic heterocycles. The lowest BCUT2D eigenvalue weighted by atomic mass is 9.82. The molecule has 1 aliphatic rings. The fourth-order valence-electron chi connectivity index (χ4n) is 3.59. The van der Waals surface area contributed by atoms with E-state index in [9.17, 15) is 5.11 Å². The van der Waals surface area contributed by atoms with Crippen LogP contribution in [0.25, 0.3) is 0 Å². The summed E-state index contributed by atoms with van der Waals surface area (Å²) in [7, 11) is 0. The molecular weight excluding hydrogens is 268 g/mol. The lowest BCUT2D eigenvalue weighted by molar-refractivity contribution is 0.122. The highest BCUT2D eigenvalue weighted by Crippen LogP contribution is 2.33. The van der Waals surface area contributed by atoms with Crippen LogP contribution in [-0.4, -0.2) is 11.2 Å². The fourth-order valence-corrected chi connectivity index (χ4v) is 3.59. The van der Waals surface area contributed by atoms with Crippen LogP contribution in [0.15, 0.2) is 54.6 Å². The number of benzene rings is 2. The van der Waals surface area contributed by atoms with Gasteiger partial charge < -0.3 is 5.11 Å². The molecule has 0 radical (unpaired) electrons. The van der Waals surface area contributed by atoms with Crippen LogP contribution in [0.2, 0.25) is 0 Å². The van der Waals surface area contributed by atoms with E-state index in [1.807, 2.05) is 0 Å². The Balaban J connectivity index is 1.62. The monoisotopic (exact) mass is 294 g/mol. The summed E-state index contributed by atoms with van der Waals surface area (Å²) < 4.78 is 0. The van der Waals surface area contributed by atoms with Crippen molar-refractivity contribution in [3.05, 3.63) is 71.3 Å². The minimum atomic E-state index is -0.0674. The largest absolute Gasteiger partial charge is 0.393 e. The first kappa shape index (κ1) is 15.3. The highest BCUT2D eigenvalue weighted by Gasteiger charge is 2.20. The topological polar surface area (TPSA) is 20.2 Å². The molecule has 0 amide bonds. The molecule has 0 unspecified atom stereocenters. The van der Waals surface area contributed by atoms with Crippen molar-refractivity contribution in [2.75, 3.05) is 0 Å². The van der Waals surface area contributed by atoms with Crippen molar-refractivity contribution in [2.45, 2.75) is 57.0 Å². The number of hydrogen-bond acceptors (Lipinski definition) is 1. The van der Waals surface area contributed by atoms with E-state index in [0.29, 0.717) is 11.8 Å². The van der Waals surface area contributed by atoms with Gasteiger partial charge in [-0.3, -0.25) is 0 Å². The summed E-state index contributed by atoms with van der Waals surface area (Å²) in [5, 5.41) is 9.63. The predicted molar refractivity (Wildman–Crippen MR) is 92.2 cm³/mol. The highest BCUT2D eigenvalue weighted by molar-refractivity contribution is 5.28. The summed E-state index contributed by atoms with van der Waals surface area (Å²) in [5.74, 6) is 1.20. The second-order valence-electron chi connectivity index (χ2n) is 6.76. The molecule has 0 bridgehead atoms. The Kier molecular flexibility index (Phi) is 4.94. The molecule has 1 atom stereocenters. The Bertz CT molecular complexity index is 565. The molecule has 1 nitrogen and oxygen atoms in total. The van der Waals surface area contributed by atoms with E-state index in [0.717, 1.165) is 32.1 Å². The van der Waals surface area contributed by atoms with Gasteiger partial charge in [-0.25, -0.2) is 0 Å². The van der Waals surface area contributed by atoms with Crippen molar-refractivity contribution < 1.29 is 5.11 Å². The van der Waals surface area contributed by atoms with Crippen LogP contribution in [0.4, 0.5) is 0 Å². The van der Waals surface area contributed by atoms with E-state index in [2.05, 4.69) is 61.5 Å². The van der Waals surface area contributed by atoms with Crippen LogP contribution in [0.1, 0.15) is 61.1 Å². The molecule has 0 aliphatic heterocycles. The fraction of sp³-hybridized carbons (Fsp3) is 0.429. The number of aliphatic hydroxyl groups is 1. The molecule has 1 fully saturated rings. The maximum absolute atomic E-state index is 9.63. The van der Waals surface area contributed by atoms with Crippen LogP contribution < -0.4 is 0 Å². The van der Waals surface area contributed by atoms with Gasteiger partial charge in [0.25, 0.3) is 0 Å². The first-order chi connectivity index (χ1) is 10.7. The van der Waals surface area contributed by atoms with Crippen LogP contribution in [0.5, 0.6) is 0 Å². The van der Waals surface area contributed by atoms with Gasteiger partial charge >= 0.3 is 0 Å². The zero-order chi connectivity index (χ0) is 15.4. The Morgan fingerprint density at radius 2 is 1.55 bits per heavy atom. The maximum Gasteiger partial charge on any atom is 0.0540 e.